The summed E-state index contributed by atoms with van der Waals surface area (Å²) in [7, 11) is 0. The average Bonchev–Trinajstić information content (AvgIpc) is 3.20. The number of fused-ring (bicyclic) bond motifs is 1. The van der Waals surface area contributed by atoms with Crippen molar-refractivity contribution >= 4 is 22.9 Å². The number of carbonyl (C=O) groups excluding carboxylic acids is 1. The number of hydrogen-bond acceptors (Lipinski definition) is 4. The van der Waals surface area contributed by atoms with Crippen molar-refractivity contribution in [3.05, 3.63) is 46.7 Å². The average molecular weight is 359 g/mol. The first-order valence-electron chi connectivity index (χ1n) is 8.71. The van der Waals surface area contributed by atoms with E-state index in [4.69, 9.17) is 0 Å². The minimum Gasteiger partial charge on any atom is -0.361 e. The number of aromatic nitrogens is 1. The number of rotatable bonds is 2. The molecule has 3 heterocycles. The van der Waals surface area contributed by atoms with Crippen LogP contribution in [0.2, 0.25) is 0 Å². The van der Waals surface area contributed by atoms with Gasteiger partial charge in [-0.25, -0.2) is 9.37 Å². The van der Waals surface area contributed by atoms with Crippen molar-refractivity contribution in [1.29, 1.82) is 0 Å². The largest absolute Gasteiger partial charge is 0.361 e. The quantitative estimate of drug-likeness (QED) is 0.815. The van der Waals surface area contributed by atoms with Crippen molar-refractivity contribution < 1.29 is 9.18 Å². The maximum atomic E-state index is 13.3. The standard InChI is InChI=1S/C19H22FN3OS/c1-19(2)10-17-16(23(19)14-7-5-13(20)6-8-14)4-3-9-22(17)18(24)15-11-25-12-21-15/h5-8,11-12,16-17H,3-4,9-10H2,1-2H3/t16-,17-/m0/s1. The first-order chi connectivity index (χ1) is 12.0. The van der Waals surface area contributed by atoms with Crippen LogP contribution in [0, 0.1) is 5.82 Å². The maximum Gasteiger partial charge on any atom is 0.273 e. The lowest BCUT2D eigenvalue weighted by Crippen LogP contribution is -2.53. The highest BCUT2D eigenvalue weighted by molar-refractivity contribution is 7.07. The van der Waals surface area contributed by atoms with Gasteiger partial charge < -0.3 is 9.80 Å². The molecule has 2 aliphatic heterocycles. The van der Waals surface area contributed by atoms with Crippen LogP contribution in [0.1, 0.15) is 43.6 Å². The zero-order chi connectivity index (χ0) is 17.6. The highest BCUT2D eigenvalue weighted by Gasteiger charge is 2.50. The van der Waals surface area contributed by atoms with Gasteiger partial charge in [-0.15, -0.1) is 11.3 Å². The Bertz CT molecular complexity index is 759. The van der Waals surface area contributed by atoms with E-state index < -0.39 is 0 Å². The number of thiazole rings is 1. The third-order valence-electron chi connectivity index (χ3n) is 5.45. The number of halogens is 1. The number of carbonyl (C=O) groups is 1. The molecule has 0 bridgehead atoms. The summed E-state index contributed by atoms with van der Waals surface area (Å²) in [5.74, 6) is -0.186. The molecule has 1 amide bonds. The van der Waals surface area contributed by atoms with Crippen LogP contribution < -0.4 is 4.90 Å². The fourth-order valence-electron chi connectivity index (χ4n) is 4.50. The monoisotopic (exact) mass is 359 g/mol. The Balaban J connectivity index is 1.66. The van der Waals surface area contributed by atoms with Crippen molar-refractivity contribution in [3.63, 3.8) is 0 Å². The summed E-state index contributed by atoms with van der Waals surface area (Å²) in [6, 6.07) is 7.15. The van der Waals surface area contributed by atoms with Gasteiger partial charge in [0.2, 0.25) is 0 Å². The second-order valence-electron chi connectivity index (χ2n) is 7.51. The van der Waals surface area contributed by atoms with Gasteiger partial charge in [0.05, 0.1) is 17.6 Å². The van der Waals surface area contributed by atoms with Gasteiger partial charge in [-0.05, 0) is 57.4 Å². The fourth-order valence-corrected chi connectivity index (χ4v) is 5.03. The van der Waals surface area contributed by atoms with Crippen LogP contribution in [0.4, 0.5) is 10.1 Å². The highest BCUT2D eigenvalue weighted by Crippen LogP contribution is 2.44. The molecular weight excluding hydrogens is 337 g/mol. The van der Waals surface area contributed by atoms with E-state index in [-0.39, 0.29) is 29.3 Å². The Morgan fingerprint density at radius 3 is 2.72 bits per heavy atom. The van der Waals surface area contributed by atoms with Crippen LogP contribution in [0.3, 0.4) is 0 Å². The molecule has 2 atom stereocenters. The van der Waals surface area contributed by atoms with Crippen molar-refractivity contribution in [2.75, 3.05) is 11.4 Å². The van der Waals surface area contributed by atoms with E-state index in [1.165, 1.54) is 23.5 Å². The minimum atomic E-state index is -0.221. The number of likely N-dealkylation sites (tertiary alicyclic amines) is 1. The molecule has 0 spiro atoms. The summed E-state index contributed by atoms with van der Waals surface area (Å²) >= 11 is 1.45. The number of anilines is 1. The molecule has 2 aliphatic rings. The Labute approximate surface area is 151 Å². The van der Waals surface area contributed by atoms with Crippen LogP contribution in [-0.2, 0) is 0 Å². The third kappa shape index (κ3) is 2.82. The van der Waals surface area contributed by atoms with Gasteiger partial charge in [-0.1, -0.05) is 0 Å². The normalized spacial score (nSPS) is 25.1. The van der Waals surface area contributed by atoms with Crippen LogP contribution in [-0.4, -0.2) is 40.0 Å². The van der Waals surface area contributed by atoms with E-state index in [9.17, 15) is 9.18 Å². The Hall–Kier alpha value is -1.95. The molecule has 6 heteroatoms. The predicted octanol–water partition coefficient (Wildman–Crippen LogP) is 3.94. The third-order valence-corrected chi connectivity index (χ3v) is 6.04. The molecule has 4 nitrogen and oxygen atoms in total. The second kappa shape index (κ2) is 6.09. The van der Waals surface area contributed by atoms with Gasteiger partial charge in [-0.2, -0.15) is 0 Å². The summed E-state index contributed by atoms with van der Waals surface area (Å²) in [4.78, 5) is 21.5. The SMILES string of the molecule is CC1(C)C[C@H]2[C@H](CCCN2C(=O)c2cscn2)N1c1ccc(F)cc1. The lowest BCUT2D eigenvalue weighted by atomic mass is 9.94. The van der Waals surface area contributed by atoms with E-state index in [1.54, 1.807) is 5.51 Å². The van der Waals surface area contributed by atoms with E-state index >= 15 is 0 Å². The molecule has 4 rings (SSSR count). The van der Waals surface area contributed by atoms with Crippen LogP contribution in [0.5, 0.6) is 0 Å². The van der Waals surface area contributed by atoms with Gasteiger partial charge in [0.15, 0.2) is 0 Å². The van der Waals surface area contributed by atoms with Gasteiger partial charge in [0.1, 0.15) is 11.5 Å². The molecule has 25 heavy (non-hydrogen) atoms. The number of benzene rings is 1. The summed E-state index contributed by atoms with van der Waals surface area (Å²) in [6.07, 6.45) is 2.93. The Morgan fingerprint density at radius 2 is 2.04 bits per heavy atom. The smallest absolute Gasteiger partial charge is 0.273 e. The van der Waals surface area contributed by atoms with Gasteiger partial charge in [-0.3, -0.25) is 4.79 Å². The van der Waals surface area contributed by atoms with Crippen molar-refractivity contribution in [2.24, 2.45) is 0 Å². The molecule has 0 radical (unpaired) electrons. The summed E-state index contributed by atoms with van der Waals surface area (Å²) in [5.41, 5.74) is 3.20. The topological polar surface area (TPSA) is 36.4 Å². The summed E-state index contributed by atoms with van der Waals surface area (Å²) < 4.78 is 13.3. The van der Waals surface area contributed by atoms with Crippen molar-refractivity contribution in [1.82, 2.24) is 9.88 Å². The molecule has 132 valence electrons. The summed E-state index contributed by atoms with van der Waals surface area (Å²) in [5, 5.41) is 1.82. The van der Waals surface area contributed by atoms with Gasteiger partial charge in [0.25, 0.3) is 5.91 Å². The van der Waals surface area contributed by atoms with Gasteiger partial charge in [0, 0.05) is 23.2 Å². The molecule has 1 aromatic heterocycles. The highest BCUT2D eigenvalue weighted by atomic mass is 32.1. The molecule has 0 unspecified atom stereocenters. The second-order valence-corrected chi connectivity index (χ2v) is 8.23. The van der Waals surface area contributed by atoms with Crippen LogP contribution in [0.25, 0.3) is 0 Å². The maximum absolute atomic E-state index is 13.3. The fraction of sp³-hybridized carbons (Fsp3) is 0.474. The number of amides is 1. The number of hydrogen-bond donors (Lipinski definition) is 0. The molecule has 2 aromatic rings. The van der Waals surface area contributed by atoms with Crippen molar-refractivity contribution in [3.8, 4) is 0 Å². The molecule has 1 aromatic carbocycles. The molecule has 0 saturated carbocycles. The lowest BCUT2D eigenvalue weighted by Gasteiger charge is -2.42. The van der Waals surface area contributed by atoms with Gasteiger partial charge >= 0.3 is 0 Å². The van der Waals surface area contributed by atoms with Crippen LogP contribution in [0.15, 0.2) is 35.2 Å². The molecule has 2 fully saturated rings. The lowest BCUT2D eigenvalue weighted by molar-refractivity contribution is 0.0600. The minimum absolute atomic E-state index is 0.0349. The van der Waals surface area contributed by atoms with E-state index in [1.807, 2.05) is 22.4 Å². The Morgan fingerprint density at radius 1 is 1.28 bits per heavy atom. The molecule has 0 aliphatic carbocycles. The molecule has 0 N–H and O–H groups in total. The Kier molecular flexibility index (Phi) is 4.02. The van der Waals surface area contributed by atoms with Crippen LogP contribution >= 0.6 is 11.3 Å². The predicted molar refractivity (Wildman–Crippen MR) is 97.5 cm³/mol. The first kappa shape index (κ1) is 16.5. The number of nitrogens with zero attached hydrogens (tertiary/aromatic N) is 3. The molecule has 2 saturated heterocycles. The first-order valence-corrected chi connectivity index (χ1v) is 9.66. The van der Waals surface area contributed by atoms with E-state index in [0.717, 1.165) is 31.5 Å². The van der Waals surface area contributed by atoms with Crippen molar-refractivity contribution in [2.45, 2.75) is 50.7 Å². The van der Waals surface area contributed by atoms with E-state index in [2.05, 4.69) is 23.7 Å². The zero-order valence-corrected chi connectivity index (χ0v) is 15.3. The molecular formula is C19H22FN3OS. The number of piperidine rings is 1. The van der Waals surface area contributed by atoms with E-state index in [0.29, 0.717) is 5.69 Å². The summed E-state index contributed by atoms with van der Waals surface area (Å²) in [6.45, 7) is 5.20. The zero-order valence-electron chi connectivity index (χ0n) is 14.5.